The highest BCUT2D eigenvalue weighted by Crippen LogP contribution is 2.53. The van der Waals surface area contributed by atoms with Gasteiger partial charge < -0.3 is 10.0 Å². The standard InChI is InChI=1S/C21H18BrFN2O4/c22-18-7-12(5-6-24-18)14(20(27)11-1-3-13(23)4-2-11)8-17(26)19-15-9-25(21(28)29)10-16(15)19/h1-7,14-16,19H,8-10H2,(H,28,29)/t14?,15-,16+,19?. The van der Waals surface area contributed by atoms with Crippen molar-refractivity contribution in [2.45, 2.75) is 12.3 Å². The molecule has 2 unspecified atom stereocenters. The van der Waals surface area contributed by atoms with Crippen LogP contribution in [-0.4, -0.2) is 45.7 Å². The first-order chi connectivity index (χ1) is 13.8. The van der Waals surface area contributed by atoms with Gasteiger partial charge in [-0.3, -0.25) is 9.59 Å². The molecule has 1 N–H and O–H groups in total. The summed E-state index contributed by atoms with van der Waals surface area (Å²) in [5.41, 5.74) is 0.998. The maximum Gasteiger partial charge on any atom is 0.407 e. The number of carbonyl (C=O) groups excluding carboxylic acids is 2. The Morgan fingerprint density at radius 3 is 2.41 bits per heavy atom. The SMILES string of the molecule is O=C(c1ccc(F)cc1)C(CC(=O)C1[C@H]2CN(C(=O)O)C[C@@H]12)c1ccnc(Br)c1. The molecule has 8 heteroatoms. The molecule has 4 rings (SSSR count). The van der Waals surface area contributed by atoms with Crippen LogP contribution in [0.1, 0.15) is 28.3 Å². The number of amides is 1. The number of carbonyl (C=O) groups is 3. The number of ketones is 2. The maximum absolute atomic E-state index is 13.2. The lowest BCUT2D eigenvalue weighted by atomic mass is 9.86. The van der Waals surface area contributed by atoms with Crippen LogP contribution in [0.3, 0.4) is 0 Å². The second kappa shape index (κ2) is 7.67. The van der Waals surface area contributed by atoms with Crippen LogP contribution < -0.4 is 0 Å². The molecule has 29 heavy (non-hydrogen) atoms. The summed E-state index contributed by atoms with van der Waals surface area (Å²) in [7, 11) is 0. The Labute approximate surface area is 174 Å². The fraction of sp³-hybridized carbons (Fsp3) is 0.333. The van der Waals surface area contributed by atoms with Crippen LogP contribution in [0.5, 0.6) is 0 Å². The number of fused-ring (bicyclic) bond motifs is 1. The number of hydrogen-bond acceptors (Lipinski definition) is 4. The molecule has 6 nitrogen and oxygen atoms in total. The first-order valence-corrected chi connectivity index (χ1v) is 10.1. The summed E-state index contributed by atoms with van der Waals surface area (Å²) in [6, 6.07) is 8.69. The van der Waals surface area contributed by atoms with Crippen LogP contribution in [0.15, 0.2) is 47.2 Å². The third kappa shape index (κ3) is 3.94. The number of halogens is 2. The van der Waals surface area contributed by atoms with Crippen molar-refractivity contribution < 1.29 is 23.9 Å². The zero-order chi connectivity index (χ0) is 20.7. The molecule has 1 aliphatic carbocycles. The van der Waals surface area contributed by atoms with Crippen molar-refractivity contribution >= 4 is 33.6 Å². The predicted molar refractivity (Wildman–Crippen MR) is 105 cm³/mol. The summed E-state index contributed by atoms with van der Waals surface area (Å²) in [6.45, 7) is 0.738. The number of benzene rings is 1. The van der Waals surface area contributed by atoms with Crippen LogP contribution in [0.4, 0.5) is 9.18 Å². The number of hydrogen-bond donors (Lipinski definition) is 1. The molecule has 2 heterocycles. The molecule has 1 aromatic carbocycles. The summed E-state index contributed by atoms with van der Waals surface area (Å²) in [5, 5.41) is 9.07. The number of rotatable bonds is 6. The number of likely N-dealkylation sites (tertiary alicyclic amines) is 1. The van der Waals surface area contributed by atoms with Gasteiger partial charge in [0.15, 0.2) is 5.78 Å². The molecule has 0 radical (unpaired) electrons. The number of aromatic nitrogens is 1. The van der Waals surface area contributed by atoms with E-state index in [1.54, 1.807) is 18.3 Å². The van der Waals surface area contributed by atoms with Gasteiger partial charge in [0.05, 0.1) is 5.92 Å². The van der Waals surface area contributed by atoms with E-state index in [0.29, 0.717) is 28.8 Å². The van der Waals surface area contributed by atoms with Crippen molar-refractivity contribution in [3.05, 3.63) is 64.1 Å². The molecule has 1 aliphatic heterocycles. The Balaban J connectivity index is 1.54. The molecule has 1 saturated carbocycles. The van der Waals surface area contributed by atoms with Gasteiger partial charge in [-0.25, -0.2) is 14.2 Å². The van der Waals surface area contributed by atoms with Crippen molar-refractivity contribution in [3.8, 4) is 0 Å². The van der Waals surface area contributed by atoms with Gasteiger partial charge in [-0.05, 0) is 69.7 Å². The van der Waals surface area contributed by atoms with E-state index >= 15 is 0 Å². The average molecular weight is 461 g/mol. The molecule has 1 aromatic heterocycles. The monoisotopic (exact) mass is 460 g/mol. The lowest BCUT2D eigenvalue weighted by Gasteiger charge is -2.18. The van der Waals surface area contributed by atoms with Crippen LogP contribution >= 0.6 is 15.9 Å². The fourth-order valence-corrected chi connectivity index (χ4v) is 4.69. The molecule has 4 atom stereocenters. The van der Waals surface area contributed by atoms with Crippen molar-refractivity contribution in [2.75, 3.05) is 13.1 Å². The molecule has 0 bridgehead atoms. The van der Waals surface area contributed by atoms with Crippen molar-refractivity contribution in [1.82, 2.24) is 9.88 Å². The van der Waals surface area contributed by atoms with Gasteiger partial charge in [0, 0.05) is 37.2 Å². The Kier molecular flexibility index (Phi) is 5.21. The van der Waals surface area contributed by atoms with Gasteiger partial charge in [0.2, 0.25) is 0 Å². The van der Waals surface area contributed by atoms with Crippen molar-refractivity contribution in [1.29, 1.82) is 0 Å². The first kappa shape index (κ1) is 19.7. The molecule has 1 amide bonds. The number of nitrogens with zero attached hydrogens (tertiary/aromatic N) is 2. The normalized spacial score (nSPS) is 23.4. The second-order valence-corrected chi connectivity index (χ2v) is 8.36. The molecule has 2 fully saturated rings. The quantitative estimate of drug-likeness (QED) is 0.523. The van der Waals surface area contributed by atoms with E-state index in [2.05, 4.69) is 20.9 Å². The van der Waals surface area contributed by atoms with Gasteiger partial charge in [-0.2, -0.15) is 0 Å². The maximum atomic E-state index is 13.2. The van der Waals surface area contributed by atoms with Crippen LogP contribution in [0.2, 0.25) is 0 Å². The van der Waals surface area contributed by atoms with E-state index in [1.807, 2.05) is 0 Å². The summed E-state index contributed by atoms with van der Waals surface area (Å²) in [6.07, 6.45) is 0.623. The van der Waals surface area contributed by atoms with Gasteiger partial charge in [0.25, 0.3) is 0 Å². The molecule has 2 aromatic rings. The zero-order valence-electron chi connectivity index (χ0n) is 15.3. The highest BCUT2D eigenvalue weighted by molar-refractivity contribution is 9.10. The Hall–Kier alpha value is -2.61. The zero-order valence-corrected chi connectivity index (χ0v) is 16.9. The number of pyridine rings is 1. The first-order valence-electron chi connectivity index (χ1n) is 9.27. The van der Waals surface area contributed by atoms with E-state index in [4.69, 9.17) is 5.11 Å². The molecular weight excluding hydrogens is 443 g/mol. The topological polar surface area (TPSA) is 87.6 Å². The van der Waals surface area contributed by atoms with Crippen LogP contribution in [0, 0.1) is 23.6 Å². The highest BCUT2D eigenvalue weighted by atomic mass is 79.9. The molecule has 2 aliphatic rings. The summed E-state index contributed by atoms with van der Waals surface area (Å²) in [5.74, 6) is -1.53. The lowest BCUT2D eigenvalue weighted by molar-refractivity contribution is -0.121. The van der Waals surface area contributed by atoms with Crippen molar-refractivity contribution in [3.63, 3.8) is 0 Å². The fourth-order valence-electron chi connectivity index (χ4n) is 4.31. The van der Waals surface area contributed by atoms with Crippen molar-refractivity contribution in [2.24, 2.45) is 17.8 Å². The Bertz CT molecular complexity index is 969. The summed E-state index contributed by atoms with van der Waals surface area (Å²) in [4.78, 5) is 42.6. The Morgan fingerprint density at radius 1 is 1.17 bits per heavy atom. The minimum absolute atomic E-state index is 0.0252. The highest BCUT2D eigenvalue weighted by Gasteiger charge is 2.60. The van der Waals surface area contributed by atoms with E-state index in [9.17, 15) is 18.8 Å². The Morgan fingerprint density at radius 2 is 1.83 bits per heavy atom. The summed E-state index contributed by atoms with van der Waals surface area (Å²) >= 11 is 3.29. The van der Waals surface area contributed by atoms with Gasteiger partial charge in [-0.15, -0.1) is 0 Å². The van der Waals surface area contributed by atoms with Crippen LogP contribution in [-0.2, 0) is 4.79 Å². The molecule has 0 spiro atoms. The molecule has 150 valence electrons. The van der Waals surface area contributed by atoms with E-state index in [0.717, 1.165) is 0 Å². The number of Topliss-reactive ketones (excluding diaryl/α,β-unsaturated/α-hetero) is 2. The van der Waals surface area contributed by atoms with E-state index < -0.39 is 17.8 Å². The van der Waals surface area contributed by atoms with Crippen LogP contribution in [0.25, 0.3) is 0 Å². The molecule has 1 saturated heterocycles. The lowest BCUT2D eigenvalue weighted by Crippen LogP contribution is -2.31. The largest absolute Gasteiger partial charge is 0.465 e. The molecular formula is C21H18BrFN2O4. The van der Waals surface area contributed by atoms with E-state index in [1.165, 1.54) is 29.2 Å². The number of carboxylic acid groups (broad SMARTS) is 1. The van der Waals surface area contributed by atoms with Gasteiger partial charge in [0.1, 0.15) is 16.2 Å². The smallest absolute Gasteiger partial charge is 0.407 e. The second-order valence-electron chi connectivity index (χ2n) is 7.55. The third-order valence-corrected chi connectivity index (χ3v) is 6.27. The van der Waals surface area contributed by atoms with E-state index in [-0.39, 0.29) is 35.7 Å². The minimum atomic E-state index is -0.964. The average Bonchev–Trinajstić information content (AvgIpc) is 3.19. The summed E-state index contributed by atoms with van der Waals surface area (Å²) < 4.78 is 13.8. The predicted octanol–water partition coefficient (Wildman–Crippen LogP) is 3.76. The third-order valence-electron chi connectivity index (χ3n) is 5.84. The van der Waals surface area contributed by atoms with Gasteiger partial charge in [-0.1, -0.05) is 0 Å². The number of piperidine rings is 1. The van der Waals surface area contributed by atoms with Gasteiger partial charge >= 0.3 is 6.09 Å². The minimum Gasteiger partial charge on any atom is -0.465 e.